The summed E-state index contributed by atoms with van der Waals surface area (Å²) in [5, 5.41) is 12.2. The fourth-order valence-electron chi connectivity index (χ4n) is 1.94. The molecule has 0 spiro atoms. The van der Waals surface area contributed by atoms with E-state index in [0.29, 0.717) is 12.1 Å². The van der Waals surface area contributed by atoms with Gasteiger partial charge in [0.2, 0.25) is 5.76 Å². The van der Waals surface area contributed by atoms with Crippen LogP contribution in [0, 0.1) is 0 Å². The van der Waals surface area contributed by atoms with Crippen LogP contribution in [-0.2, 0) is 6.54 Å². The lowest BCUT2D eigenvalue weighted by Gasteiger charge is -2.14. The first kappa shape index (κ1) is 14.1. The summed E-state index contributed by atoms with van der Waals surface area (Å²) in [6.07, 6.45) is 1.39. The number of furan rings is 1. The Kier molecular flexibility index (Phi) is 4.42. The van der Waals surface area contributed by atoms with E-state index >= 15 is 0 Å². The van der Waals surface area contributed by atoms with E-state index in [4.69, 9.17) is 14.3 Å². The third-order valence-electron chi connectivity index (χ3n) is 3.16. The number of benzene rings is 1. The highest BCUT2D eigenvalue weighted by Gasteiger charge is 2.14. The predicted molar refractivity (Wildman–Crippen MR) is 73.9 cm³/mol. The highest BCUT2D eigenvalue weighted by molar-refractivity contribution is 5.86. The summed E-state index contributed by atoms with van der Waals surface area (Å²) in [5.41, 5.74) is 1.74. The second-order valence-electron chi connectivity index (χ2n) is 4.46. The van der Waals surface area contributed by atoms with Crippen LogP contribution in [-0.4, -0.2) is 18.2 Å². The zero-order valence-corrected chi connectivity index (χ0v) is 11.4. The molecule has 0 fully saturated rings. The molecule has 20 heavy (non-hydrogen) atoms. The van der Waals surface area contributed by atoms with Crippen molar-refractivity contribution in [3.05, 3.63) is 53.5 Å². The molecule has 0 radical (unpaired) electrons. The average molecular weight is 275 g/mol. The monoisotopic (exact) mass is 275 g/mol. The van der Waals surface area contributed by atoms with Gasteiger partial charge in [-0.25, -0.2) is 4.79 Å². The van der Waals surface area contributed by atoms with E-state index in [9.17, 15) is 4.79 Å². The van der Waals surface area contributed by atoms with Crippen LogP contribution in [0.25, 0.3) is 0 Å². The number of rotatable bonds is 6. The van der Waals surface area contributed by atoms with Crippen molar-refractivity contribution in [2.45, 2.75) is 19.5 Å². The summed E-state index contributed by atoms with van der Waals surface area (Å²) in [6.45, 7) is 2.45. The molecule has 2 N–H and O–H groups in total. The van der Waals surface area contributed by atoms with Crippen LogP contribution in [0.2, 0.25) is 0 Å². The van der Waals surface area contributed by atoms with Crippen molar-refractivity contribution < 1.29 is 19.1 Å². The van der Waals surface area contributed by atoms with Crippen molar-refractivity contribution in [3.8, 4) is 5.75 Å². The van der Waals surface area contributed by atoms with E-state index in [1.165, 1.54) is 6.26 Å². The maximum atomic E-state index is 10.9. The smallest absolute Gasteiger partial charge is 0.372 e. The zero-order chi connectivity index (χ0) is 14.5. The van der Waals surface area contributed by atoms with Crippen LogP contribution >= 0.6 is 0 Å². The summed E-state index contributed by atoms with van der Waals surface area (Å²) in [5.74, 6) is -0.257. The Labute approximate surface area is 117 Å². The van der Waals surface area contributed by atoms with Gasteiger partial charge in [-0.2, -0.15) is 0 Å². The first-order chi connectivity index (χ1) is 9.61. The Balaban J connectivity index is 1.99. The van der Waals surface area contributed by atoms with Gasteiger partial charge < -0.3 is 19.6 Å². The van der Waals surface area contributed by atoms with Crippen molar-refractivity contribution in [1.82, 2.24) is 5.32 Å². The van der Waals surface area contributed by atoms with Gasteiger partial charge >= 0.3 is 5.97 Å². The molecule has 1 aromatic carbocycles. The number of aromatic carboxylic acids is 1. The summed E-state index contributed by atoms with van der Waals surface area (Å²) < 4.78 is 10.1. The molecular formula is C15H17NO4. The largest absolute Gasteiger partial charge is 0.497 e. The summed E-state index contributed by atoms with van der Waals surface area (Å²) in [6, 6.07) is 9.50. The van der Waals surface area contributed by atoms with Gasteiger partial charge in [0.1, 0.15) is 5.75 Å². The molecule has 0 unspecified atom stereocenters. The molecule has 1 heterocycles. The molecule has 0 aliphatic carbocycles. The lowest BCUT2D eigenvalue weighted by atomic mass is 10.1. The Morgan fingerprint density at radius 1 is 1.35 bits per heavy atom. The number of methoxy groups -OCH3 is 1. The third kappa shape index (κ3) is 3.19. The van der Waals surface area contributed by atoms with Gasteiger partial charge in [-0.3, -0.25) is 0 Å². The van der Waals surface area contributed by atoms with Gasteiger partial charge in [0.05, 0.1) is 13.4 Å². The molecule has 0 aliphatic rings. The van der Waals surface area contributed by atoms with Crippen molar-refractivity contribution in [2.75, 3.05) is 7.11 Å². The van der Waals surface area contributed by atoms with E-state index in [1.807, 2.05) is 31.2 Å². The lowest BCUT2D eigenvalue weighted by molar-refractivity contribution is 0.0660. The summed E-state index contributed by atoms with van der Waals surface area (Å²) in [4.78, 5) is 10.9. The second-order valence-corrected chi connectivity index (χ2v) is 4.46. The van der Waals surface area contributed by atoms with E-state index < -0.39 is 5.97 Å². The highest BCUT2D eigenvalue weighted by atomic mass is 16.5. The van der Waals surface area contributed by atoms with E-state index in [2.05, 4.69) is 5.32 Å². The predicted octanol–water partition coefficient (Wildman–Crippen LogP) is 2.84. The molecule has 106 valence electrons. The number of ether oxygens (including phenoxy) is 1. The number of carboxylic acid groups (broad SMARTS) is 1. The fourth-order valence-corrected chi connectivity index (χ4v) is 1.94. The van der Waals surface area contributed by atoms with E-state index in [1.54, 1.807) is 13.2 Å². The molecule has 0 saturated carbocycles. The molecule has 1 aromatic heterocycles. The molecule has 0 bridgehead atoms. The number of hydrogen-bond acceptors (Lipinski definition) is 4. The summed E-state index contributed by atoms with van der Waals surface area (Å²) >= 11 is 0. The lowest BCUT2D eigenvalue weighted by Crippen LogP contribution is -2.19. The topological polar surface area (TPSA) is 71.7 Å². The standard InChI is InChI=1S/C15H17NO4/c1-10(11-3-5-13(19-2)6-4-11)16-9-12-7-8-20-14(12)15(17)18/h3-8,10,16H,9H2,1-2H3,(H,17,18)/t10-/m1/s1. The number of carboxylic acids is 1. The van der Waals surface area contributed by atoms with Gasteiger partial charge in [-0.15, -0.1) is 0 Å². The van der Waals surface area contributed by atoms with Gasteiger partial charge in [0.15, 0.2) is 0 Å². The molecule has 5 heteroatoms. The van der Waals surface area contributed by atoms with Crippen LogP contribution in [0.3, 0.4) is 0 Å². The normalized spacial score (nSPS) is 12.1. The minimum absolute atomic E-state index is 0.0144. The van der Waals surface area contributed by atoms with E-state index in [-0.39, 0.29) is 11.8 Å². The Bertz CT molecular complexity index is 574. The maximum absolute atomic E-state index is 10.9. The first-order valence-corrected chi connectivity index (χ1v) is 6.29. The Morgan fingerprint density at radius 2 is 2.05 bits per heavy atom. The molecule has 0 saturated heterocycles. The quantitative estimate of drug-likeness (QED) is 0.848. The average Bonchev–Trinajstić information content (AvgIpc) is 2.93. The van der Waals surface area contributed by atoms with Crippen LogP contribution in [0.4, 0.5) is 0 Å². The molecule has 2 aromatic rings. The Morgan fingerprint density at radius 3 is 2.65 bits per heavy atom. The van der Waals surface area contributed by atoms with Crippen LogP contribution in [0.15, 0.2) is 41.0 Å². The highest BCUT2D eigenvalue weighted by Crippen LogP contribution is 2.18. The summed E-state index contributed by atoms with van der Waals surface area (Å²) in [7, 11) is 1.63. The van der Waals surface area contributed by atoms with Gasteiger partial charge in [-0.05, 0) is 30.7 Å². The Hall–Kier alpha value is -2.27. The molecule has 0 amide bonds. The van der Waals surface area contributed by atoms with Crippen molar-refractivity contribution in [3.63, 3.8) is 0 Å². The SMILES string of the molecule is COc1ccc([C@@H](C)NCc2ccoc2C(=O)O)cc1. The van der Waals surface area contributed by atoms with Gasteiger partial charge in [0.25, 0.3) is 0 Å². The van der Waals surface area contributed by atoms with E-state index in [0.717, 1.165) is 11.3 Å². The maximum Gasteiger partial charge on any atom is 0.372 e. The fraction of sp³-hybridized carbons (Fsp3) is 0.267. The molecule has 2 rings (SSSR count). The molecule has 1 atom stereocenters. The minimum atomic E-state index is -1.05. The van der Waals surface area contributed by atoms with Crippen molar-refractivity contribution in [2.24, 2.45) is 0 Å². The number of hydrogen-bond donors (Lipinski definition) is 2. The van der Waals surface area contributed by atoms with Crippen LogP contribution in [0.1, 0.15) is 34.6 Å². The number of nitrogens with one attached hydrogen (secondary N) is 1. The zero-order valence-electron chi connectivity index (χ0n) is 11.4. The van der Waals surface area contributed by atoms with Crippen LogP contribution in [0.5, 0.6) is 5.75 Å². The van der Waals surface area contributed by atoms with Gasteiger partial charge in [-0.1, -0.05) is 12.1 Å². The second kappa shape index (κ2) is 6.25. The van der Waals surface area contributed by atoms with Crippen LogP contribution < -0.4 is 10.1 Å². The molecule has 0 aliphatic heterocycles. The first-order valence-electron chi connectivity index (χ1n) is 6.29. The minimum Gasteiger partial charge on any atom is -0.497 e. The third-order valence-corrected chi connectivity index (χ3v) is 3.16. The van der Waals surface area contributed by atoms with Crippen molar-refractivity contribution in [1.29, 1.82) is 0 Å². The molecular weight excluding hydrogens is 258 g/mol. The number of carbonyl (C=O) groups is 1. The van der Waals surface area contributed by atoms with Crippen molar-refractivity contribution >= 4 is 5.97 Å². The molecule has 5 nitrogen and oxygen atoms in total. The van der Waals surface area contributed by atoms with Gasteiger partial charge in [0, 0.05) is 18.2 Å².